The Labute approximate surface area is 197 Å². The first-order valence-corrected chi connectivity index (χ1v) is 11.3. The molecule has 0 aliphatic carbocycles. The molecule has 0 unspecified atom stereocenters. The maximum atomic E-state index is 12.8. The summed E-state index contributed by atoms with van der Waals surface area (Å²) >= 11 is 0. The van der Waals surface area contributed by atoms with Gasteiger partial charge in [0, 0.05) is 24.2 Å². The number of H-pyrrole nitrogens is 1. The van der Waals surface area contributed by atoms with Crippen LogP contribution in [0.25, 0.3) is 10.9 Å². The van der Waals surface area contributed by atoms with Crippen LogP contribution in [0.3, 0.4) is 0 Å². The van der Waals surface area contributed by atoms with Gasteiger partial charge in [-0.1, -0.05) is 42.0 Å². The van der Waals surface area contributed by atoms with Gasteiger partial charge >= 0.3 is 5.97 Å². The number of benzene rings is 2. The minimum atomic E-state index is -0.395. The highest BCUT2D eigenvalue weighted by molar-refractivity contribution is 5.79. The van der Waals surface area contributed by atoms with Crippen molar-refractivity contribution in [3.63, 3.8) is 0 Å². The van der Waals surface area contributed by atoms with Crippen molar-refractivity contribution in [3.8, 4) is 0 Å². The summed E-state index contributed by atoms with van der Waals surface area (Å²) in [6.07, 6.45) is 0.797. The Hall–Kier alpha value is -3.85. The monoisotopic (exact) mass is 460 g/mol. The lowest BCUT2D eigenvalue weighted by atomic mass is 10.1. The van der Waals surface area contributed by atoms with Crippen LogP contribution >= 0.6 is 0 Å². The number of nitrogens with zero attached hydrogens (tertiary/aromatic N) is 5. The molecule has 0 fully saturated rings. The highest BCUT2D eigenvalue weighted by Gasteiger charge is 2.17. The number of esters is 1. The van der Waals surface area contributed by atoms with Crippen LogP contribution in [-0.2, 0) is 35.6 Å². The molecule has 0 radical (unpaired) electrons. The van der Waals surface area contributed by atoms with Crippen LogP contribution in [-0.4, -0.2) is 49.2 Å². The van der Waals surface area contributed by atoms with E-state index >= 15 is 0 Å². The van der Waals surface area contributed by atoms with Gasteiger partial charge in [0.25, 0.3) is 5.56 Å². The largest absolute Gasteiger partial charge is 0.465 e. The number of carbonyl (C=O) groups excluding carboxylic acids is 1. The van der Waals surface area contributed by atoms with Gasteiger partial charge in [0.15, 0.2) is 5.82 Å². The molecule has 9 heteroatoms. The third kappa shape index (κ3) is 5.93. The molecule has 0 spiro atoms. The van der Waals surface area contributed by atoms with Crippen LogP contribution in [0.5, 0.6) is 0 Å². The van der Waals surface area contributed by atoms with Crippen molar-refractivity contribution in [2.24, 2.45) is 0 Å². The summed E-state index contributed by atoms with van der Waals surface area (Å²) in [6, 6.07) is 18.1. The van der Waals surface area contributed by atoms with E-state index in [1.165, 1.54) is 10.2 Å². The van der Waals surface area contributed by atoms with Gasteiger partial charge in [0.05, 0.1) is 13.2 Å². The number of rotatable bonds is 10. The fourth-order valence-electron chi connectivity index (χ4n) is 3.86. The maximum absolute atomic E-state index is 12.8. The van der Waals surface area contributed by atoms with Gasteiger partial charge < -0.3 is 9.72 Å². The van der Waals surface area contributed by atoms with E-state index in [-0.39, 0.29) is 12.1 Å². The summed E-state index contributed by atoms with van der Waals surface area (Å²) in [5.41, 5.74) is 3.68. The summed E-state index contributed by atoms with van der Waals surface area (Å²) in [7, 11) is 0. The number of nitrogens with one attached hydrogen (secondary N) is 1. The smallest absolute Gasteiger partial charge is 0.327 e. The molecule has 2 aromatic heterocycles. The average molecular weight is 461 g/mol. The van der Waals surface area contributed by atoms with E-state index in [1.54, 1.807) is 6.92 Å². The third-order valence-electron chi connectivity index (χ3n) is 5.59. The van der Waals surface area contributed by atoms with Crippen molar-refractivity contribution in [1.29, 1.82) is 0 Å². The molecule has 0 aliphatic rings. The second kappa shape index (κ2) is 10.8. The SMILES string of the molecule is CCOC(=O)Cn1nnnc1CN(CCc1ccccc1)Cc1cc2cc(C)ccc2[nH]c1=O. The van der Waals surface area contributed by atoms with E-state index < -0.39 is 5.97 Å². The normalized spacial score (nSPS) is 11.3. The lowest BCUT2D eigenvalue weighted by molar-refractivity contribution is -0.144. The van der Waals surface area contributed by atoms with Gasteiger partial charge in [0.1, 0.15) is 6.54 Å². The fraction of sp³-hybridized carbons (Fsp3) is 0.320. The van der Waals surface area contributed by atoms with E-state index in [1.807, 2.05) is 43.3 Å². The second-order valence-electron chi connectivity index (χ2n) is 8.22. The Morgan fingerprint density at radius 3 is 2.74 bits per heavy atom. The summed E-state index contributed by atoms with van der Waals surface area (Å²) in [5.74, 6) is 0.141. The quantitative estimate of drug-likeness (QED) is 0.363. The standard InChI is InChI=1S/C25H28N6O3/c1-3-34-24(32)17-31-23(27-28-29-31)16-30(12-11-19-7-5-4-6-8-19)15-21-14-20-13-18(2)9-10-22(20)26-25(21)33/h4-10,13-14H,3,11-12,15-17H2,1-2H3,(H,26,33). The second-order valence-corrected chi connectivity index (χ2v) is 8.22. The van der Waals surface area contributed by atoms with E-state index in [0.717, 1.165) is 22.9 Å². The lowest BCUT2D eigenvalue weighted by Gasteiger charge is -2.22. The van der Waals surface area contributed by atoms with Gasteiger partial charge in [-0.15, -0.1) is 5.10 Å². The molecule has 1 N–H and O–H groups in total. The van der Waals surface area contributed by atoms with Crippen LogP contribution in [0.4, 0.5) is 0 Å². The van der Waals surface area contributed by atoms with Crippen molar-refractivity contribution in [1.82, 2.24) is 30.1 Å². The summed E-state index contributed by atoms with van der Waals surface area (Å²) < 4.78 is 6.47. The Morgan fingerprint density at radius 2 is 1.94 bits per heavy atom. The van der Waals surface area contributed by atoms with Gasteiger partial charge in [-0.2, -0.15) is 0 Å². The molecule has 0 atom stereocenters. The maximum Gasteiger partial charge on any atom is 0.327 e. The predicted octanol–water partition coefficient (Wildman–Crippen LogP) is 2.63. The number of aromatic amines is 1. The van der Waals surface area contributed by atoms with Gasteiger partial charge in [0.2, 0.25) is 0 Å². The zero-order valence-electron chi connectivity index (χ0n) is 19.4. The molecule has 0 saturated carbocycles. The minimum absolute atomic E-state index is 0.0570. The summed E-state index contributed by atoms with van der Waals surface area (Å²) in [4.78, 5) is 29.9. The van der Waals surface area contributed by atoms with Crippen LogP contribution in [0, 0.1) is 6.92 Å². The number of pyridine rings is 1. The highest BCUT2D eigenvalue weighted by Crippen LogP contribution is 2.15. The van der Waals surface area contributed by atoms with Crippen molar-refractivity contribution in [2.45, 2.75) is 39.9 Å². The van der Waals surface area contributed by atoms with Crippen molar-refractivity contribution in [3.05, 3.63) is 87.5 Å². The highest BCUT2D eigenvalue weighted by atomic mass is 16.5. The first kappa shape index (κ1) is 23.3. The Balaban J connectivity index is 1.58. The molecular weight excluding hydrogens is 432 g/mol. The number of carbonyl (C=O) groups is 1. The summed E-state index contributed by atoms with van der Waals surface area (Å²) in [6.45, 7) is 5.50. The topological polar surface area (TPSA) is 106 Å². The van der Waals surface area contributed by atoms with E-state index in [4.69, 9.17) is 4.74 Å². The molecule has 2 heterocycles. The molecule has 4 aromatic rings. The number of hydrogen-bond acceptors (Lipinski definition) is 7. The number of hydrogen-bond donors (Lipinski definition) is 1. The minimum Gasteiger partial charge on any atom is -0.465 e. The zero-order chi connectivity index (χ0) is 23.9. The summed E-state index contributed by atoms with van der Waals surface area (Å²) in [5, 5.41) is 12.8. The van der Waals surface area contributed by atoms with Crippen molar-refractivity contribution < 1.29 is 9.53 Å². The molecular formula is C25H28N6O3. The number of fused-ring (bicyclic) bond motifs is 1. The van der Waals surface area contributed by atoms with Crippen LogP contribution in [0.15, 0.2) is 59.4 Å². The van der Waals surface area contributed by atoms with Gasteiger partial charge in [-0.05, 0) is 59.8 Å². The van der Waals surface area contributed by atoms with Gasteiger partial charge in [-0.25, -0.2) is 4.68 Å². The molecule has 9 nitrogen and oxygen atoms in total. The number of tetrazole rings is 1. The van der Waals surface area contributed by atoms with Crippen LogP contribution in [0.2, 0.25) is 0 Å². The van der Waals surface area contributed by atoms with Crippen LogP contribution in [0.1, 0.15) is 29.4 Å². The van der Waals surface area contributed by atoms with Crippen molar-refractivity contribution in [2.75, 3.05) is 13.2 Å². The molecule has 0 bridgehead atoms. The van der Waals surface area contributed by atoms with Gasteiger partial charge in [-0.3, -0.25) is 14.5 Å². The number of ether oxygens (including phenoxy) is 1. The molecule has 34 heavy (non-hydrogen) atoms. The Bertz CT molecular complexity index is 1320. The van der Waals surface area contributed by atoms with E-state index in [0.29, 0.717) is 37.6 Å². The predicted molar refractivity (Wildman–Crippen MR) is 128 cm³/mol. The fourth-order valence-corrected chi connectivity index (χ4v) is 3.86. The molecule has 0 aliphatic heterocycles. The Morgan fingerprint density at radius 1 is 1.12 bits per heavy atom. The molecule has 0 amide bonds. The number of aryl methyl sites for hydroxylation is 1. The number of aromatic nitrogens is 5. The van der Waals surface area contributed by atoms with E-state index in [9.17, 15) is 9.59 Å². The first-order chi connectivity index (χ1) is 16.5. The van der Waals surface area contributed by atoms with E-state index in [2.05, 4.69) is 43.6 Å². The van der Waals surface area contributed by atoms with Crippen molar-refractivity contribution >= 4 is 16.9 Å². The zero-order valence-corrected chi connectivity index (χ0v) is 19.4. The molecule has 176 valence electrons. The first-order valence-electron chi connectivity index (χ1n) is 11.3. The molecule has 2 aromatic carbocycles. The molecule has 4 rings (SSSR count). The average Bonchev–Trinajstić information content (AvgIpc) is 3.25. The van der Waals surface area contributed by atoms with Crippen LogP contribution < -0.4 is 5.56 Å². The Kier molecular flexibility index (Phi) is 7.44. The third-order valence-corrected chi connectivity index (χ3v) is 5.59. The lowest BCUT2D eigenvalue weighted by Crippen LogP contribution is -2.30. The molecule has 0 saturated heterocycles.